The van der Waals surface area contributed by atoms with Crippen LogP contribution in [0.2, 0.25) is 0 Å². The first-order chi connectivity index (χ1) is 9.67. The molecule has 1 fully saturated rings. The molecule has 1 aromatic carbocycles. The van der Waals surface area contributed by atoms with Crippen molar-refractivity contribution in [3.8, 4) is 11.5 Å². The van der Waals surface area contributed by atoms with Crippen LogP contribution in [0, 0.1) is 5.92 Å². The van der Waals surface area contributed by atoms with Gasteiger partial charge in [0.2, 0.25) is 0 Å². The van der Waals surface area contributed by atoms with Crippen molar-refractivity contribution in [1.29, 1.82) is 0 Å². The van der Waals surface area contributed by atoms with Crippen molar-refractivity contribution in [2.24, 2.45) is 5.92 Å². The zero-order valence-corrected chi connectivity index (χ0v) is 12.1. The molecule has 1 aromatic rings. The zero-order chi connectivity index (χ0) is 14.5. The van der Waals surface area contributed by atoms with Crippen molar-refractivity contribution in [3.05, 3.63) is 23.8 Å². The molecule has 0 spiro atoms. The third kappa shape index (κ3) is 3.12. The van der Waals surface area contributed by atoms with E-state index in [1.807, 2.05) is 0 Å². The van der Waals surface area contributed by atoms with E-state index in [1.54, 1.807) is 25.3 Å². The lowest BCUT2D eigenvalue weighted by Crippen LogP contribution is -2.31. The monoisotopic (exact) mass is 278 g/mol. The summed E-state index contributed by atoms with van der Waals surface area (Å²) in [4.78, 5) is 12.5. The Hall–Kier alpha value is -1.55. The summed E-state index contributed by atoms with van der Waals surface area (Å²) in [5.74, 6) is 0.857. The molecule has 0 amide bonds. The van der Waals surface area contributed by atoms with Gasteiger partial charge in [-0.1, -0.05) is 19.3 Å². The van der Waals surface area contributed by atoms with Gasteiger partial charge in [-0.3, -0.25) is 4.79 Å². The van der Waals surface area contributed by atoms with Gasteiger partial charge in [-0.2, -0.15) is 0 Å². The molecule has 1 aliphatic carbocycles. The first kappa shape index (κ1) is 14.9. The molecule has 4 heteroatoms. The molecule has 2 rings (SSSR count). The molecule has 20 heavy (non-hydrogen) atoms. The maximum absolute atomic E-state index is 12.5. The van der Waals surface area contributed by atoms with Crippen LogP contribution in [0.3, 0.4) is 0 Å². The number of ketones is 1. The van der Waals surface area contributed by atoms with Crippen LogP contribution in [-0.4, -0.2) is 31.2 Å². The first-order valence-corrected chi connectivity index (χ1v) is 7.11. The normalized spacial score (nSPS) is 17.6. The maximum atomic E-state index is 12.5. The molecule has 0 radical (unpaired) electrons. The highest BCUT2D eigenvalue weighted by atomic mass is 16.5. The number of carbonyl (C=O) groups excluding carboxylic acids is 1. The second-order valence-electron chi connectivity index (χ2n) is 5.27. The quantitative estimate of drug-likeness (QED) is 0.841. The van der Waals surface area contributed by atoms with Crippen LogP contribution < -0.4 is 9.47 Å². The summed E-state index contributed by atoms with van der Waals surface area (Å²) in [7, 11) is 3.07. The lowest BCUT2D eigenvalue weighted by atomic mass is 9.82. The highest BCUT2D eigenvalue weighted by Gasteiger charge is 2.30. The van der Waals surface area contributed by atoms with Crippen LogP contribution >= 0.6 is 0 Å². The van der Waals surface area contributed by atoms with E-state index in [-0.39, 0.29) is 11.7 Å². The van der Waals surface area contributed by atoms with Gasteiger partial charge < -0.3 is 14.6 Å². The van der Waals surface area contributed by atoms with E-state index >= 15 is 0 Å². The van der Waals surface area contributed by atoms with Crippen molar-refractivity contribution in [2.45, 2.75) is 38.2 Å². The Morgan fingerprint density at radius 1 is 1.20 bits per heavy atom. The molecule has 1 atom stereocenters. The van der Waals surface area contributed by atoms with Gasteiger partial charge in [0.05, 0.1) is 19.8 Å². The molecule has 4 nitrogen and oxygen atoms in total. The van der Waals surface area contributed by atoms with Crippen molar-refractivity contribution in [1.82, 2.24) is 0 Å². The third-order valence-corrected chi connectivity index (χ3v) is 4.04. The summed E-state index contributed by atoms with van der Waals surface area (Å²) < 4.78 is 10.4. The summed E-state index contributed by atoms with van der Waals surface area (Å²) in [6.45, 7) is 0. The molecule has 1 saturated carbocycles. The summed E-state index contributed by atoms with van der Waals surface area (Å²) >= 11 is 0. The predicted octanol–water partition coefficient (Wildman–Crippen LogP) is 2.83. The van der Waals surface area contributed by atoms with Crippen LogP contribution in [0.5, 0.6) is 11.5 Å². The number of aliphatic hydroxyl groups excluding tert-OH is 1. The number of ether oxygens (including phenoxy) is 2. The molecule has 0 aliphatic heterocycles. The van der Waals surface area contributed by atoms with E-state index in [0.717, 1.165) is 25.7 Å². The number of carbonyl (C=O) groups is 1. The Kier molecular flexibility index (Phi) is 5.01. The molecule has 0 saturated heterocycles. The maximum Gasteiger partial charge on any atom is 0.195 e. The summed E-state index contributed by atoms with van der Waals surface area (Å²) in [6.07, 6.45) is 4.25. The molecular formula is C16H22O4. The number of Topliss-reactive ketones (excluding diaryl/α,β-unsaturated/α-hetero) is 1. The lowest BCUT2D eigenvalue weighted by Gasteiger charge is -2.26. The Bertz CT molecular complexity index is 464. The molecule has 1 unspecified atom stereocenters. The average molecular weight is 278 g/mol. The Morgan fingerprint density at radius 3 is 2.50 bits per heavy atom. The van der Waals surface area contributed by atoms with Gasteiger partial charge in [0.25, 0.3) is 0 Å². The fourth-order valence-corrected chi connectivity index (χ4v) is 2.83. The van der Waals surface area contributed by atoms with Gasteiger partial charge in [0.1, 0.15) is 17.6 Å². The van der Waals surface area contributed by atoms with E-state index in [4.69, 9.17) is 9.47 Å². The van der Waals surface area contributed by atoms with E-state index in [9.17, 15) is 9.90 Å². The fraction of sp³-hybridized carbons (Fsp3) is 0.562. The number of aliphatic hydroxyl groups is 1. The molecule has 1 aliphatic rings. The molecular weight excluding hydrogens is 256 g/mol. The van der Waals surface area contributed by atoms with Gasteiger partial charge in [-0.15, -0.1) is 0 Å². The number of methoxy groups -OCH3 is 2. The predicted molar refractivity (Wildman–Crippen MR) is 76.5 cm³/mol. The van der Waals surface area contributed by atoms with Gasteiger partial charge in [0, 0.05) is 0 Å². The molecule has 0 heterocycles. The SMILES string of the molecule is COc1ccc(OC)c(C(=O)C(O)C2CCCCC2)c1. The Labute approximate surface area is 119 Å². The number of hydrogen-bond donors (Lipinski definition) is 1. The van der Waals surface area contributed by atoms with Crippen molar-refractivity contribution >= 4 is 5.78 Å². The molecule has 1 N–H and O–H groups in total. The fourth-order valence-electron chi connectivity index (χ4n) is 2.83. The van der Waals surface area contributed by atoms with Crippen LogP contribution in [0.15, 0.2) is 18.2 Å². The second-order valence-corrected chi connectivity index (χ2v) is 5.27. The number of benzene rings is 1. The molecule has 0 aromatic heterocycles. The molecule has 110 valence electrons. The van der Waals surface area contributed by atoms with Gasteiger partial charge in [-0.25, -0.2) is 0 Å². The van der Waals surface area contributed by atoms with E-state index in [2.05, 4.69) is 0 Å². The smallest absolute Gasteiger partial charge is 0.195 e. The minimum atomic E-state index is -0.948. The van der Waals surface area contributed by atoms with Crippen LogP contribution in [0.4, 0.5) is 0 Å². The summed E-state index contributed by atoms with van der Waals surface area (Å²) in [5.41, 5.74) is 0.393. The van der Waals surface area contributed by atoms with Crippen molar-refractivity contribution in [2.75, 3.05) is 14.2 Å². The van der Waals surface area contributed by atoms with E-state index in [1.165, 1.54) is 13.5 Å². The molecule has 0 bridgehead atoms. The van der Waals surface area contributed by atoms with Crippen LogP contribution in [0.25, 0.3) is 0 Å². The minimum Gasteiger partial charge on any atom is -0.497 e. The van der Waals surface area contributed by atoms with Gasteiger partial charge >= 0.3 is 0 Å². The Balaban J connectivity index is 2.22. The third-order valence-electron chi connectivity index (χ3n) is 4.04. The number of hydrogen-bond acceptors (Lipinski definition) is 4. The summed E-state index contributed by atoms with van der Waals surface area (Å²) in [6, 6.07) is 5.06. The first-order valence-electron chi connectivity index (χ1n) is 7.11. The topological polar surface area (TPSA) is 55.8 Å². The van der Waals surface area contributed by atoms with Crippen LogP contribution in [-0.2, 0) is 0 Å². The van der Waals surface area contributed by atoms with Crippen molar-refractivity contribution in [3.63, 3.8) is 0 Å². The highest BCUT2D eigenvalue weighted by Crippen LogP contribution is 2.31. The largest absolute Gasteiger partial charge is 0.497 e. The number of rotatable bonds is 5. The summed E-state index contributed by atoms with van der Waals surface area (Å²) in [5, 5.41) is 10.3. The van der Waals surface area contributed by atoms with Crippen LogP contribution in [0.1, 0.15) is 42.5 Å². The van der Waals surface area contributed by atoms with Gasteiger partial charge in [-0.05, 0) is 37.0 Å². The van der Waals surface area contributed by atoms with E-state index in [0.29, 0.717) is 17.1 Å². The average Bonchev–Trinajstić information content (AvgIpc) is 2.53. The lowest BCUT2D eigenvalue weighted by molar-refractivity contribution is 0.0531. The minimum absolute atomic E-state index is 0.0622. The van der Waals surface area contributed by atoms with E-state index < -0.39 is 6.10 Å². The second kappa shape index (κ2) is 6.75. The zero-order valence-electron chi connectivity index (χ0n) is 12.1. The highest BCUT2D eigenvalue weighted by molar-refractivity contribution is 6.02. The van der Waals surface area contributed by atoms with Crippen molar-refractivity contribution < 1.29 is 19.4 Å². The Morgan fingerprint density at radius 2 is 1.90 bits per heavy atom. The van der Waals surface area contributed by atoms with Gasteiger partial charge in [0.15, 0.2) is 5.78 Å². The standard InChI is InChI=1S/C16H22O4/c1-19-12-8-9-14(20-2)13(10-12)16(18)15(17)11-6-4-3-5-7-11/h8-11,15,17H,3-7H2,1-2H3.